The average molecular weight is 392 g/mol. The number of benzene rings is 2. The number of hydrogen-bond acceptors (Lipinski definition) is 3. The predicted octanol–water partition coefficient (Wildman–Crippen LogP) is 6.19. The van der Waals surface area contributed by atoms with Crippen molar-refractivity contribution in [1.82, 2.24) is 0 Å². The molecule has 6 heteroatoms. The van der Waals surface area contributed by atoms with Gasteiger partial charge in [-0.25, -0.2) is 0 Å². The van der Waals surface area contributed by atoms with Crippen LogP contribution in [0.3, 0.4) is 0 Å². The van der Waals surface area contributed by atoms with E-state index in [0.29, 0.717) is 27.2 Å². The van der Waals surface area contributed by atoms with Gasteiger partial charge in [0.1, 0.15) is 12.4 Å². The predicted molar refractivity (Wildman–Crippen MR) is 104 cm³/mol. The van der Waals surface area contributed by atoms with Gasteiger partial charge in [0.25, 0.3) is 5.91 Å². The van der Waals surface area contributed by atoms with Gasteiger partial charge in [-0.2, -0.15) is 0 Å². The Kier molecular flexibility index (Phi) is 5.63. The van der Waals surface area contributed by atoms with E-state index in [9.17, 15) is 4.79 Å². The molecule has 2 aromatic carbocycles. The molecular weight excluding hydrogens is 377 g/mol. The van der Waals surface area contributed by atoms with Gasteiger partial charge in [0.05, 0.1) is 20.6 Å². The van der Waals surface area contributed by atoms with Crippen LogP contribution in [0.1, 0.15) is 20.8 Å². The Bertz CT molecular complexity index is 891. The van der Waals surface area contributed by atoms with Crippen molar-refractivity contribution in [3.63, 3.8) is 0 Å². The fourth-order valence-corrected chi connectivity index (χ4v) is 3.30. The third-order valence-corrected chi connectivity index (χ3v) is 5.30. The monoisotopic (exact) mass is 391 g/mol. The zero-order chi connectivity index (χ0) is 17.8. The van der Waals surface area contributed by atoms with E-state index in [2.05, 4.69) is 5.32 Å². The lowest BCUT2D eigenvalue weighted by molar-refractivity contribution is 0.103. The minimum Gasteiger partial charge on any atom is -0.489 e. The molecule has 128 valence electrons. The summed E-state index contributed by atoms with van der Waals surface area (Å²) < 4.78 is 5.73. The molecule has 0 unspecified atom stereocenters. The first-order valence-corrected chi connectivity index (χ1v) is 9.19. The molecule has 1 aromatic heterocycles. The second-order valence-corrected chi connectivity index (χ2v) is 7.17. The van der Waals surface area contributed by atoms with Crippen molar-refractivity contribution in [2.24, 2.45) is 0 Å². The van der Waals surface area contributed by atoms with Gasteiger partial charge in [-0.1, -0.05) is 47.0 Å². The quantitative estimate of drug-likeness (QED) is 0.562. The van der Waals surface area contributed by atoms with Crippen LogP contribution in [0.5, 0.6) is 5.75 Å². The second-order valence-electron chi connectivity index (χ2n) is 5.48. The van der Waals surface area contributed by atoms with Crippen LogP contribution in [0, 0.1) is 6.92 Å². The second kappa shape index (κ2) is 7.91. The Hall–Kier alpha value is -2.01. The molecule has 3 aromatic rings. The molecule has 0 saturated heterocycles. The Morgan fingerprint density at radius 3 is 2.68 bits per heavy atom. The fourth-order valence-electron chi connectivity index (χ4n) is 2.16. The Balaban J connectivity index is 1.63. The average Bonchev–Trinajstić information content (AvgIpc) is 3.08. The lowest BCUT2D eigenvalue weighted by Gasteiger charge is -2.07. The molecule has 1 heterocycles. The van der Waals surface area contributed by atoms with Crippen molar-refractivity contribution in [2.75, 3.05) is 5.32 Å². The lowest BCUT2D eigenvalue weighted by Crippen LogP contribution is -2.10. The first-order valence-electron chi connectivity index (χ1n) is 7.55. The molecule has 25 heavy (non-hydrogen) atoms. The van der Waals surface area contributed by atoms with Gasteiger partial charge in [-0.3, -0.25) is 4.79 Å². The zero-order valence-electron chi connectivity index (χ0n) is 13.4. The largest absolute Gasteiger partial charge is 0.489 e. The highest BCUT2D eigenvalue weighted by Crippen LogP contribution is 2.30. The Labute approximate surface area is 160 Å². The van der Waals surface area contributed by atoms with E-state index in [4.69, 9.17) is 27.9 Å². The molecule has 0 atom stereocenters. The van der Waals surface area contributed by atoms with Gasteiger partial charge in [-0.05, 0) is 42.6 Å². The van der Waals surface area contributed by atoms with Crippen molar-refractivity contribution in [3.05, 3.63) is 80.0 Å². The Morgan fingerprint density at radius 2 is 1.92 bits per heavy atom. The highest BCUT2D eigenvalue weighted by atomic mass is 35.5. The number of ether oxygens (including phenoxy) is 1. The van der Waals surface area contributed by atoms with Gasteiger partial charge in [0.15, 0.2) is 0 Å². The van der Waals surface area contributed by atoms with Gasteiger partial charge >= 0.3 is 0 Å². The highest BCUT2D eigenvalue weighted by Gasteiger charge is 2.12. The summed E-state index contributed by atoms with van der Waals surface area (Å²) in [6.45, 7) is 2.44. The summed E-state index contributed by atoms with van der Waals surface area (Å²) in [5.41, 5.74) is 2.61. The molecule has 0 aliphatic rings. The molecule has 3 nitrogen and oxygen atoms in total. The number of thiophene rings is 1. The van der Waals surface area contributed by atoms with Crippen LogP contribution in [-0.2, 0) is 6.61 Å². The number of nitrogens with one attached hydrogen (secondary N) is 1. The number of hydrogen-bond donors (Lipinski definition) is 1. The van der Waals surface area contributed by atoms with E-state index in [1.165, 1.54) is 16.9 Å². The van der Waals surface area contributed by atoms with Crippen LogP contribution in [-0.4, -0.2) is 5.91 Å². The smallest absolute Gasteiger partial charge is 0.265 e. The summed E-state index contributed by atoms with van der Waals surface area (Å²) in [5.74, 6) is 0.573. The summed E-state index contributed by atoms with van der Waals surface area (Å²) in [5, 5.41) is 5.41. The maximum absolute atomic E-state index is 12.4. The molecule has 0 saturated carbocycles. The minimum absolute atomic E-state index is 0.226. The van der Waals surface area contributed by atoms with E-state index in [1.54, 1.807) is 18.2 Å². The number of rotatable bonds is 5. The van der Waals surface area contributed by atoms with E-state index in [1.807, 2.05) is 42.6 Å². The summed E-state index contributed by atoms with van der Waals surface area (Å²) >= 11 is 13.4. The van der Waals surface area contributed by atoms with Crippen LogP contribution in [0.15, 0.2) is 53.9 Å². The Morgan fingerprint density at radius 1 is 1.16 bits per heavy atom. The van der Waals surface area contributed by atoms with Gasteiger partial charge in [-0.15, -0.1) is 11.3 Å². The number of halogens is 2. The van der Waals surface area contributed by atoms with Crippen LogP contribution in [0.2, 0.25) is 10.0 Å². The SMILES string of the molecule is Cc1ccc(OCc2csc(C(=O)Nc3cccc(Cl)c3Cl)c2)cc1. The first-order chi connectivity index (χ1) is 12.0. The van der Waals surface area contributed by atoms with E-state index < -0.39 is 0 Å². The molecule has 0 fully saturated rings. The third kappa shape index (κ3) is 4.54. The maximum atomic E-state index is 12.4. The summed E-state index contributed by atoms with van der Waals surface area (Å²) in [6.07, 6.45) is 0. The summed E-state index contributed by atoms with van der Waals surface area (Å²) in [7, 11) is 0. The summed E-state index contributed by atoms with van der Waals surface area (Å²) in [6, 6.07) is 14.8. The number of amides is 1. The lowest BCUT2D eigenvalue weighted by atomic mass is 10.2. The number of carbonyl (C=O) groups is 1. The zero-order valence-corrected chi connectivity index (χ0v) is 15.7. The van der Waals surface area contributed by atoms with Gasteiger partial charge in [0.2, 0.25) is 0 Å². The van der Waals surface area contributed by atoms with Crippen LogP contribution in [0.25, 0.3) is 0 Å². The molecule has 1 N–H and O–H groups in total. The van der Waals surface area contributed by atoms with Gasteiger partial charge in [0, 0.05) is 5.56 Å². The highest BCUT2D eigenvalue weighted by molar-refractivity contribution is 7.12. The first kappa shape index (κ1) is 17.8. The van der Waals surface area contributed by atoms with E-state index in [-0.39, 0.29) is 5.91 Å². The van der Waals surface area contributed by atoms with Crippen molar-refractivity contribution in [1.29, 1.82) is 0 Å². The molecular formula is C19H15Cl2NO2S. The third-order valence-electron chi connectivity index (χ3n) is 3.50. The normalized spacial score (nSPS) is 10.5. The van der Waals surface area contributed by atoms with E-state index in [0.717, 1.165) is 11.3 Å². The number of carbonyl (C=O) groups excluding carboxylic acids is 1. The topological polar surface area (TPSA) is 38.3 Å². The van der Waals surface area contributed by atoms with Crippen LogP contribution >= 0.6 is 34.5 Å². The molecule has 1 amide bonds. The molecule has 0 aliphatic carbocycles. The van der Waals surface area contributed by atoms with Crippen molar-refractivity contribution in [3.8, 4) is 5.75 Å². The standard InChI is InChI=1S/C19H15Cl2NO2S/c1-12-5-7-14(8-6-12)24-10-13-9-17(25-11-13)19(23)22-16-4-2-3-15(20)18(16)21/h2-9,11H,10H2,1H3,(H,22,23). The summed E-state index contributed by atoms with van der Waals surface area (Å²) in [4.78, 5) is 12.9. The number of aryl methyl sites for hydroxylation is 1. The van der Waals surface area contributed by atoms with Crippen molar-refractivity contribution >= 4 is 46.1 Å². The van der Waals surface area contributed by atoms with Crippen LogP contribution < -0.4 is 10.1 Å². The fraction of sp³-hybridized carbons (Fsp3) is 0.105. The van der Waals surface area contributed by atoms with E-state index >= 15 is 0 Å². The number of anilines is 1. The molecule has 0 aliphatic heterocycles. The molecule has 0 spiro atoms. The maximum Gasteiger partial charge on any atom is 0.265 e. The van der Waals surface area contributed by atoms with Crippen LogP contribution in [0.4, 0.5) is 5.69 Å². The molecule has 3 rings (SSSR count). The van der Waals surface area contributed by atoms with Crippen molar-refractivity contribution < 1.29 is 9.53 Å². The van der Waals surface area contributed by atoms with Crippen molar-refractivity contribution in [2.45, 2.75) is 13.5 Å². The molecule has 0 radical (unpaired) electrons. The molecule has 0 bridgehead atoms. The minimum atomic E-state index is -0.226. The van der Waals surface area contributed by atoms with Gasteiger partial charge < -0.3 is 10.1 Å².